The molecule has 3 amide bonds. The Kier molecular flexibility index (Phi) is 8.74. The molecule has 244 valence electrons. The number of hydrogen-bond donors (Lipinski definition) is 1. The van der Waals surface area contributed by atoms with Crippen LogP contribution in [0.3, 0.4) is 0 Å². The number of imide groups is 1. The highest BCUT2D eigenvalue weighted by molar-refractivity contribution is 8.00. The first kappa shape index (κ1) is 32.5. The van der Waals surface area contributed by atoms with Crippen molar-refractivity contribution < 1.29 is 31.9 Å². The maximum Gasteiger partial charge on any atom is 0.416 e. The second-order valence-electron chi connectivity index (χ2n) is 11.0. The fraction of sp³-hybridized carbons (Fsp3) is 0.273. The summed E-state index contributed by atoms with van der Waals surface area (Å²) < 4.78 is 54.5. The molecule has 2 aliphatic heterocycles. The van der Waals surface area contributed by atoms with Crippen molar-refractivity contribution in [2.24, 2.45) is 5.92 Å². The summed E-state index contributed by atoms with van der Waals surface area (Å²) in [7, 11) is 0. The van der Waals surface area contributed by atoms with E-state index in [0.29, 0.717) is 15.5 Å². The van der Waals surface area contributed by atoms with Gasteiger partial charge in [-0.15, -0.1) is 0 Å². The zero-order chi connectivity index (χ0) is 33.6. The average molecular weight is 685 g/mol. The summed E-state index contributed by atoms with van der Waals surface area (Å²) in [6.45, 7) is 5.09. The van der Waals surface area contributed by atoms with Gasteiger partial charge in [-0.05, 0) is 74.0 Å². The minimum atomic E-state index is -4.61. The summed E-state index contributed by atoms with van der Waals surface area (Å²) in [6, 6.07) is 16.7. The molecule has 1 aromatic heterocycles. The third-order valence-electron chi connectivity index (χ3n) is 8.29. The van der Waals surface area contributed by atoms with Crippen molar-refractivity contribution in [2.45, 2.75) is 42.8 Å². The second kappa shape index (κ2) is 12.6. The predicted octanol–water partition coefficient (Wildman–Crippen LogP) is 6.35. The Hall–Kier alpha value is -4.43. The molecule has 0 saturated carbocycles. The summed E-state index contributed by atoms with van der Waals surface area (Å²) in [6.07, 6.45) is -4.61. The zero-order valence-electron chi connectivity index (χ0n) is 25.1. The number of nitrogens with one attached hydrogen (secondary N) is 1. The first-order chi connectivity index (χ1) is 22.4. The van der Waals surface area contributed by atoms with Gasteiger partial charge in [0, 0.05) is 35.3 Å². The lowest BCUT2D eigenvalue weighted by Gasteiger charge is -2.31. The van der Waals surface area contributed by atoms with Crippen molar-refractivity contribution in [1.82, 2.24) is 4.57 Å². The summed E-state index contributed by atoms with van der Waals surface area (Å²) >= 11 is 1.87. The smallest absolute Gasteiger partial charge is 0.372 e. The highest BCUT2D eigenvalue weighted by Crippen LogP contribution is 2.54. The Labute approximate surface area is 275 Å². The number of amides is 3. The fourth-order valence-electron chi connectivity index (χ4n) is 6.06. The van der Waals surface area contributed by atoms with Gasteiger partial charge in [0.25, 0.3) is 0 Å². The van der Waals surface area contributed by atoms with Crippen molar-refractivity contribution in [1.29, 1.82) is 0 Å². The van der Waals surface area contributed by atoms with E-state index in [4.69, 9.17) is 0 Å². The number of anilines is 3. The first-order valence-corrected chi connectivity index (χ1v) is 16.5. The molecule has 1 saturated heterocycles. The molecular weight excluding hydrogens is 657 g/mol. The predicted molar refractivity (Wildman–Crippen MR) is 173 cm³/mol. The van der Waals surface area contributed by atoms with Crippen LogP contribution in [0.5, 0.6) is 0 Å². The largest absolute Gasteiger partial charge is 0.416 e. The third-order valence-corrected chi connectivity index (χ3v) is 10.9. The standard InChI is InChI=1S/C33H28F4N4O4S2/c1-3-39(4-2)22-12-8-18(9-13-22)25-26-27(30(44)41(29(26)43)23-14-10-20(34)11-15-23)46-31-28(25)47-32(45)40(31)17-24(42)38-21-7-5-6-19(16-21)33(35,36)37/h5-16,25-27H,3-4,17H2,1-2H3,(H,38,42)/t25-,26-,27+/m0/s1. The van der Waals surface area contributed by atoms with Crippen LogP contribution in [0.1, 0.15) is 35.8 Å². The topological polar surface area (TPSA) is 91.7 Å². The van der Waals surface area contributed by atoms with E-state index in [9.17, 15) is 36.7 Å². The fourth-order valence-corrected chi connectivity index (χ4v) is 8.83. The van der Waals surface area contributed by atoms with E-state index in [1.165, 1.54) is 28.8 Å². The maximum absolute atomic E-state index is 14.0. The molecule has 2 aliphatic rings. The Morgan fingerprint density at radius 1 is 0.936 bits per heavy atom. The number of carbonyl (C=O) groups is 3. The third kappa shape index (κ3) is 6.07. The number of halogens is 4. The van der Waals surface area contributed by atoms with Gasteiger partial charge < -0.3 is 10.2 Å². The number of thiazole rings is 1. The van der Waals surface area contributed by atoms with Crippen LogP contribution in [0.4, 0.5) is 34.6 Å². The number of fused-ring (bicyclic) bond motifs is 2. The quantitative estimate of drug-likeness (QED) is 0.172. The number of hydrogen-bond acceptors (Lipinski definition) is 7. The lowest BCUT2D eigenvalue weighted by molar-refractivity contribution is -0.137. The van der Waals surface area contributed by atoms with Crippen LogP contribution in [0.15, 0.2) is 82.6 Å². The molecule has 3 aromatic carbocycles. The van der Waals surface area contributed by atoms with E-state index in [0.717, 1.165) is 71.0 Å². The zero-order valence-corrected chi connectivity index (χ0v) is 26.7. The molecule has 0 bridgehead atoms. The summed E-state index contributed by atoms with van der Waals surface area (Å²) in [5.74, 6) is -3.90. The van der Waals surface area contributed by atoms with Crippen LogP contribution in [0.25, 0.3) is 0 Å². The lowest BCUT2D eigenvalue weighted by Crippen LogP contribution is -2.33. The second-order valence-corrected chi connectivity index (χ2v) is 13.2. The molecule has 47 heavy (non-hydrogen) atoms. The lowest BCUT2D eigenvalue weighted by atomic mass is 9.83. The number of benzene rings is 3. The molecular formula is C33H28F4N4O4S2. The van der Waals surface area contributed by atoms with Crippen LogP contribution >= 0.6 is 23.1 Å². The molecule has 0 spiro atoms. The molecule has 0 aliphatic carbocycles. The van der Waals surface area contributed by atoms with Gasteiger partial charge in [-0.2, -0.15) is 13.2 Å². The number of thioether (sulfide) groups is 1. The van der Waals surface area contributed by atoms with E-state index in [2.05, 4.69) is 10.2 Å². The monoisotopic (exact) mass is 684 g/mol. The van der Waals surface area contributed by atoms with Crippen LogP contribution < -0.4 is 20.0 Å². The molecule has 4 aromatic rings. The summed E-state index contributed by atoms with van der Waals surface area (Å²) in [5, 5.41) is 1.80. The molecule has 8 nitrogen and oxygen atoms in total. The van der Waals surface area contributed by atoms with Gasteiger partial charge in [0.15, 0.2) is 0 Å². The number of nitrogens with zero attached hydrogens (tertiary/aromatic N) is 3. The molecule has 3 heterocycles. The Balaban J connectivity index is 1.39. The van der Waals surface area contributed by atoms with E-state index in [1.54, 1.807) is 0 Å². The Morgan fingerprint density at radius 3 is 2.26 bits per heavy atom. The molecule has 1 N–H and O–H groups in total. The number of carbonyl (C=O) groups excluding carboxylic acids is 3. The highest BCUT2D eigenvalue weighted by Gasteiger charge is 2.56. The number of alkyl halides is 3. The van der Waals surface area contributed by atoms with Gasteiger partial charge in [0.2, 0.25) is 17.7 Å². The van der Waals surface area contributed by atoms with Gasteiger partial charge >= 0.3 is 11.0 Å². The number of rotatable bonds is 8. The number of aromatic nitrogens is 1. The minimum Gasteiger partial charge on any atom is -0.372 e. The average Bonchev–Trinajstić information content (AvgIpc) is 3.48. The molecule has 1 fully saturated rings. The van der Waals surface area contributed by atoms with Gasteiger partial charge in [0.1, 0.15) is 17.6 Å². The molecule has 3 atom stereocenters. The van der Waals surface area contributed by atoms with Crippen molar-refractivity contribution in [2.75, 3.05) is 28.2 Å². The van der Waals surface area contributed by atoms with Crippen molar-refractivity contribution in [3.8, 4) is 0 Å². The summed E-state index contributed by atoms with van der Waals surface area (Å²) in [5.41, 5.74) is 0.841. The van der Waals surface area contributed by atoms with Gasteiger partial charge in [-0.1, -0.05) is 41.3 Å². The molecule has 6 rings (SSSR count). The van der Waals surface area contributed by atoms with Crippen molar-refractivity contribution in [3.63, 3.8) is 0 Å². The maximum atomic E-state index is 14.0. The van der Waals surface area contributed by atoms with Gasteiger partial charge in [0.05, 0.1) is 22.2 Å². The molecule has 0 radical (unpaired) electrons. The Morgan fingerprint density at radius 2 is 1.62 bits per heavy atom. The van der Waals surface area contributed by atoms with Crippen LogP contribution in [-0.4, -0.2) is 40.6 Å². The van der Waals surface area contributed by atoms with E-state index < -0.39 is 63.8 Å². The van der Waals surface area contributed by atoms with E-state index >= 15 is 0 Å². The normalized spacial score (nSPS) is 19.0. The summed E-state index contributed by atoms with van der Waals surface area (Å²) in [4.78, 5) is 57.5. The van der Waals surface area contributed by atoms with Crippen molar-refractivity contribution in [3.05, 3.63) is 104 Å². The van der Waals surface area contributed by atoms with Crippen LogP contribution in [-0.2, 0) is 27.1 Å². The van der Waals surface area contributed by atoms with E-state index in [-0.39, 0.29) is 11.4 Å². The first-order valence-electron chi connectivity index (χ1n) is 14.8. The van der Waals surface area contributed by atoms with Crippen LogP contribution in [0.2, 0.25) is 0 Å². The molecule has 0 unspecified atom stereocenters. The molecule has 14 heteroatoms. The van der Waals surface area contributed by atoms with E-state index in [1.807, 2.05) is 38.1 Å². The SMILES string of the molecule is CCN(CC)c1ccc([C@@H]2c3sc(=O)n(CC(=O)Nc4cccc(C(F)(F)F)c4)c3S[C@H]3C(=O)N(c4ccc(F)cc4)C(=O)[C@@H]23)cc1. The van der Waals surface area contributed by atoms with Crippen molar-refractivity contribution >= 4 is 57.9 Å². The highest BCUT2D eigenvalue weighted by atomic mass is 32.2. The van der Waals surface area contributed by atoms with Gasteiger partial charge in [-0.3, -0.25) is 23.7 Å². The van der Waals surface area contributed by atoms with Gasteiger partial charge in [-0.25, -0.2) is 9.29 Å². The van der Waals surface area contributed by atoms with Crippen LogP contribution in [0, 0.1) is 11.7 Å². The minimum absolute atomic E-state index is 0.0904. The Bertz CT molecular complexity index is 1900.